The molecule has 0 aliphatic heterocycles. The molecule has 0 aliphatic carbocycles. The summed E-state index contributed by atoms with van der Waals surface area (Å²) in [6.07, 6.45) is 3.47. The van der Waals surface area contributed by atoms with Gasteiger partial charge in [-0.1, -0.05) is 18.2 Å². The number of anilines is 2. The maximum Gasteiger partial charge on any atom is 0.387 e. The molecule has 0 aliphatic rings. The molecule has 4 rings (SSSR count). The molecular weight excluding hydrogens is 366 g/mol. The summed E-state index contributed by atoms with van der Waals surface area (Å²) >= 11 is 0. The summed E-state index contributed by atoms with van der Waals surface area (Å²) < 4.78 is 35.1. The van der Waals surface area contributed by atoms with Gasteiger partial charge in [-0.3, -0.25) is 0 Å². The fourth-order valence-corrected chi connectivity index (χ4v) is 2.90. The van der Waals surface area contributed by atoms with Crippen LogP contribution in [-0.2, 0) is 0 Å². The minimum absolute atomic E-state index is 0.0598. The predicted molar refractivity (Wildman–Crippen MR) is 102 cm³/mol. The first-order valence-electron chi connectivity index (χ1n) is 8.43. The van der Waals surface area contributed by atoms with Crippen molar-refractivity contribution in [2.24, 2.45) is 0 Å². The zero-order chi connectivity index (χ0) is 19.5. The Kier molecular flexibility index (Phi) is 4.76. The highest BCUT2D eigenvalue weighted by Crippen LogP contribution is 2.33. The molecule has 2 N–H and O–H groups in total. The predicted octanol–water partition coefficient (Wildman–Crippen LogP) is 4.98. The second-order valence-corrected chi connectivity index (χ2v) is 5.88. The number of benzene rings is 2. The molecule has 0 unspecified atom stereocenters. The Hall–Kier alpha value is -3.68. The lowest BCUT2D eigenvalue weighted by Gasteiger charge is -2.13. The summed E-state index contributed by atoms with van der Waals surface area (Å²) in [4.78, 5) is 11.9. The Morgan fingerprint density at radius 1 is 1.11 bits per heavy atom. The largest absolute Gasteiger partial charge is 0.497 e. The fourth-order valence-electron chi connectivity index (χ4n) is 2.90. The number of aromatic nitrogens is 3. The molecular formula is C20H16F2N4O2. The van der Waals surface area contributed by atoms with E-state index in [1.165, 1.54) is 13.2 Å². The summed E-state index contributed by atoms with van der Waals surface area (Å²) in [7, 11) is 1.45. The van der Waals surface area contributed by atoms with Gasteiger partial charge >= 0.3 is 6.61 Å². The number of aromatic amines is 1. The van der Waals surface area contributed by atoms with E-state index in [1.54, 1.807) is 24.4 Å². The first-order valence-corrected chi connectivity index (χ1v) is 8.43. The topological polar surface area (TPSA) is 72.1 Å². The number of para-hydroxylation sites is 1. The summed E-state index contributed by atoms with van der Waals surface area (Å²) in [5, 5.41) is 3.96. The minimum Gasteiger partial charge on any atom is -0.497 e. The van der Waals surface area contributed by atoms with Gasteiger partial charge < -0.3 is 19.8 Å². The molecule has 2 heterocycles. The third-order valence-electron chi connectivity index (χ3n) is 4.17. The summed E-state index contributed by atoms with van der Waals surface area (Å²) in [5.41, 5.74) is 2.91. The molecule has 2 aromatic carbocycles. The van der Waals surface area contributed by atoms with E-state index in [2.05, 4.69) is 25.0 Å². The van der Waals surface area contributed by atoms with E-state index in [-0.39, 0.29) is 11.7 Å². The monoisotopic (exact) mass is 382 g/mol. The third-order valence-corrected chi connectivity index (χ3v) is 4.17. The standard InChI is InChI=1S/C20H16F2N4O2/c1-27-12-6-7-17(18(10-12)28-19(21)22)26-20-23-9-8-16(25-20)14-11-24-15-5-3-2-4-13(14)15/h2-11,19,24H,1H3,(H,23,25,26). The van der Waals surface area contributed by atoms with Crippen molar-refractivity contribution in [3.63, 3.8) is 0 Å². The summed E-state index contributed by atoms with van der Waals surface area (Å²) in [5.74, 6) is 0.595. The van der Waals surface area contributed by atoms with E-state index in [0.717, 1.165) is 16.5 Å². The molecule has 0 saturated heterocycles. The highest BCUT2D eigenvalue weighted by molar-refractivity contribution is 5.94. The highest BCUT2D eigenvalue weighted by Gasteiger charge is 2.13. The number of hydrogen-bond acceptors (Lipinski definition) is 5. The number of ether oxygens (including phenoxy) is 2. The first-order chi connectivity index (χ1) is 13.6. The number of alkyl halides is 2. The molecule has 4 aromatic rings. The van der Waals surface area contributed by atoms with Crippen LogP contribution < -0.4 is 14.8 Å². The van der Waals surface area contributed by atoms with Crippen molar-refractivity contribution < 1.29 is 18.3 Å². The van der Waals surface area contributed by atoms with Crippen LogP contribution in [0.4, 0.5) is 20.4 Å². The Bertz CT molecular complexity index is 1110. The van der Waals surface area contributed by atoms with Gasteiger partial charge in [0.25, 0.3) is 0 Å². The number of rotatable bonds is 6. The van der Waals surface area contributed by atoms with Crippen molar-refractivity contribution in [1.29, 1.82) is 0 Å². The van der Waals surface area contributed by atoms with Crippen LogP contribution in [0.5, 0.6) is 11.5 Å². The third kappa shape index (κ3) is 3.57. The molecule has 2 aromatic heterocycles. The lowest BCUT2D eigenvalue weighted by molar-refractivity contribution is -0.0494. The van der Waals surface area contributed by atoms with Crippen molar-refractivity contribution in [2.45, 2.75) is 6.61 Å². The quantitative estimate of drug-likeness (QED) is 0.492. The van der Waals surface area contributed by atoms with Gasteiger partial charge in [0, 0.05) is 34.9 Å². The van der Waals surface area contributed by atoms with Crippen LogP contribution in [0.3, 0.4) is 0 Å². The minimum atomic E-state index is -2.97. The summed E-state index contributed by atoms with van der Waals surface area (Å²) in [6.45, 7) is -2.97. The SMILES string of the molecule is COc1ccc(Nc2nccc(-c3c[nH]c4ccccc34)n2)c(OC(F)F)c1. The number of hydrogen-bond donors (Lipinski definition) is 2. The lowest BCUT2D eigenvalue weighted by atomic mass is 10.1. The second-order valence-electron chi connectivity index (χ2n) is 5.88. The average molecular weight is 382 g/mol. The van der Waals surface area contributed by atoms with Crippen LogP contribution in [-0.4, -0.2) is 28.7 Å². The van der Waals surface area contributed by atoms with Gasteiger partial charge in [0.05, 0.1) is 18.5 Å². The maximum atomic E-state index is 12.7. The van der Waals surface area contributed by atoms with Crippen molar-refractivity contribution in [3.8, 4) is 22.8 Å². The molecule has 0 saturated carbocycles. The van der Waals surface area contributed by atoms with Crippen molar-refractivity contribution in [2.75, 3.05) is 12.4 Å². The van der Waals surface area contributed by atoms with Crippen LogP contribution in [0.15, 0.2) is 60.9 Å². The summed E-state index contributed by atoms with van der Waals surface area (Å²) in [6, 6.07) is 14.2. The number of nitrogens with one attached hydrogen (secondary N) is 2. The second kappa shape index (κ2) is 7.51. The molecule has 0 atom stereocenters. The smallest absolute Gasteiger partial charge is 0.387 e. The number of nitrogens with zero attached hydrogens (tertiary/aromatic N) is 2. The Labute approximate surface area is 159 Å². The van der Waals surface area contributed by atoms with Gasteiger partial charge in [-0.25, -0.2) is 9.97 Å². The van der Waals surface area contributed by atoms with Gasteiger partial charge in [-0.05, 0) is 24.3 Å². The van der Waals surface area contributed by atoms with E-state index in [1.807, 2.05) is 30.5 Å². The zero-order valence-electron chi connectivity index (χ0n) is 14.8. The van der Waals surface area contributed by atoms with E-state index >= 15 is 0 Å². The molecule has 0 radical (unpaired) electrons. The molecule has 0 fully saturated rings. The van der Waals surface area contributed by atoms with Crippen LogP contribution in [0.2, 0.25) is 0 Å². The molecule has 0 bridgehead atoms. The van der Waals surface area contributed by atoms with Crippen molar-refractivity contribution in [3.05, 3.63) is 60.9 Å². The molecule has 0 spiro atoms. The molecule has 0 amide bonds. The van der Waals surface area contributed by atoms with Crippen molar-refractivity contribution in [1.82, 2.24) is 15.0 Å². The number of halogens is 2. The number of H-pyrrole nitrogens is 1. The molecule has 28 heavy (non-hydrogen) atoms. The maximum absolute atomic E-state index is 12.7. The molecule has 6 nitrogen and oxygen atoms in total. The van der Waals surface area contributed by atoms with Gasteiger partial charge in [0.1, 0.15) is 5.75 Å². The van der Waals surface area contributed by atoms with Gasteiger partial charge in [-0.15, -0.1) is 0 Å². The average Bonchev–Trinajstić information content (AvgIpc) is 3.13. The number of methoxy groups -OCH3 is 1. The van der Waals surface area contributed by atoms with Crippen molar-refractivity contribution >= 4 is 22.5 Å². The van der Waals surface area contributed by atoms with E-state index < -0.39 is 6.61 Å². The van der Waals surface area contributed by atoms with Gasteiger partial charge in [-0.2, -0.15) is 8.78 Å². The first kappa shape index (κ1) is 17.7. The van der Waals surface area contributed by atoms with Gasteiger partial charge in [0.2, 0.25) is 5.95 Å². The Morgan fingerprint density at radius 3 is 2.79 bits per heavy atom. The number of fused-ring (bicyclic) bond motifs is 1. The van der Waals surface area contributed by atoms with E-state index in [0.29, 0.717) is 17.1 Å². The van der Waals surface area contributed by atoms with Crippen LogP contribution in [0.25, 0.3) is 22.2 Å². The zero-order valence-corrected chi connectivity index (χ0v) is 14.8. The Balaban J connectivity index is 1.67. The van der Waals surface area contributed by atoms with Gasteiger partial charge in [0.15, 0.2) is 5.75 Å². The fraction of sp³-hybridized carbons (Fsp3) is 0.100. The molecule has 142 valence electrons. The molecule has 8 heteroatoms. The highest BCUT2D eigenvalue weighted by atomic mass is 19.3. The van der Waals surface area contributed by atoms with Crippen LogP contribution in [0, 0.1) is 0 Å². The Morgan fingerprint density at radius 2 is 1.96 bits per heavy atom. The van der Waals surface area contributed by atoms with E-state index in [9.17, 15) is 8.78 Å². The lowest BCUT2D eigenvalue weighted by Crippen LogP contribution is -2.06. The van der Waals surface area contributed by atoms with Crippen LogP contribution in [0.1, 0.15) is 0 Å². The normalized spacial score (nSPS) is 11.0. The van der Waals surface area contributed by atoms with Crippen LogP contribution >= 0.6 is 0 Å². The van der Waals surface area contributed by atoms with E-state index in [4.69, 9.17) is 4.74 Å².